The second kappa shape index (κ2) is 6.99. The molecule has 0 bridgehead atoms. The van der Waals surface area contributed by atoms with Gasteiger partial charge in [-0.25, -0.2) is 0 Å². The van der Waals surface area contributed by atoms with Crippen LogP contribution in [0.3, 0.4) is 0 Å². The van der Waals surface area contributed by atoms with Gasteiger partial charge in [-0.2, -0.15) is 0 Å². The van der Waals surface area contributed by atoms with Gasteiger partial charge in [0.2, 0.25) is 0 Å². The second-order valence-electron chi connectivity index (χ2n) is 7.01. The average Bonchev–Trinajstić information content (AvgIpc) is 3.03. The molecule has 3 nitrogen and oxygen atoms in total. The number of carbonyl (C=O) groups is 1. The normalized spacial score (nSPS) is 13.6. The molecule has 3 heteroatoms. The molecule has 1 aliphatic carbocycles. The number of hydrogen-bond donors (Lipinski definition) is 0. The Kier molecular flexibility index (Phi) is 4.54. The third-order valence-corrected chi connectivity index (χ3v) is 5.62. The predicted molar refractivity (Wildman–Crippen MR) is 108 cm³/mol. The Morgan fingerprint density at radius 1 is 0.962 bits per heavy atom. The number of carbonyl (C=O) groups excluding carboxylic acids is 1. The summed E-state index contributed by atoms with van der Waals surface area (Å²) in [5.74, 6) is 0.0930. The van der Waals surface area contributed by atoms with Gasteiger partial charge in [0.25, 0.3) is 5.91 Å². The van der Waals surface area contributed by atoms with Crippen molar-refractivity contribution in [2.75, 3.05) is 18.0 Å². The Hall–Kier alpha value is -2.55. The first-order chi connectivity index (χ1) is 12.7. The van der Waals surface area contributed by atoms with E-state index >= 15 is 0 Å². The van der Waals surface area contributed by atoms with Crippen molar-refractivity contribution in [2.24, 2.45) is 0 Å². The van der Waals surface area contributed by atoms with E-state index in [1.165, 1.54) is 28.8 Å². The summed E-state index contributed by atoms with van der Waals surface area (Å²) in [5.41, 5.74) is 5.58. The Morgan fingerprint density at radius 2 is 1.65 bits per heavy atom. The first-order valence-corrected chi connectivity index (χ1v) is 9.75. The number of fused-ring (bicyclic) bond motifs is 3. The van der Waals surface area contributed by atoms with Gasteiger partial charge in [-0.15, -0.1) is 0 Å². The van der Waals surface area contributed by atoms with Gasteiger partial charge in [0.05, 0.1) is 5.52 Å². The van der Waals surface area contributed by atoms with Crippen molar-refractivity contribution in [2.45, 2.75) is 39.5 Å². The second-order valence-corrected chi connectivity index (χ2v) is 7.01. The smallest absolute Gasteiger partial charge is 0.262 e. The number of anilines is 1. The van der Waals surface area contributed by atoms with E-state index in [0.717, 1.165) is 43.4 Å². The highest BCUT2D eigenvalue weighted by Crippen LogP contribution is 2.32. The van der Waals surface area contributed by atoms with E-state index in [-0.39, 0.29) is 5.91 Å². The third-order valence-electron chi connectivity index (χ3n) is 5.62. The van der Waals surface area contributed by atoms with Crippen molar-refractivity contribution < 1.29 is 4.79 Å². The molecule has 1 aromatic heterocycles. The molecular formula is C23H26N2O. The van der Waals surface area contributed by atoms with Crippen LogP contribution in [0.25, 0.3) is 10.9 Å². The highest BCUT2D eigenvalue weighted by atomic mass is 16.2. The fraction of sp³-hybridized carbons (Fsp3) is 0.348. The molecule has 0 atom stereocenters. The van der Waals surface area contributed by atoms with Crippen LogP contribution in [-0.2, 0) is 12.8 Å². The molecule has 0 fully saturated rings. The van der Waals surface area contributed by atoms with Crippen LogP contribution in [0.2, 0.25) is 0 Å². The summed E-state index contributed by atoms with van der Waals surface area (Å²) in [7, 11) is 0. The maximum absolute atomic E-state index is 13.4. The molecule has 0 saturated carbocycles. The lowest BCUT2D eigenvalue weighted by molar-refractivity contribution is 0.0961. The first-order valence-electron chi connectivity index (χ1n) is 9.75. The topological polar surface area (TPSA) is 25.2 Å². The minimum atomic E-state index is 0.0930. The predicted octanol–water partition coefficient (Wildman–Crippen LogP) is 5.05. The molecule has 3 aromatic rings. The zero-order valence-corrected chi connectivity index (χ0v) is 15.7. The summed E-state index contributed by atoms with van der Waals surface area (Å²) in [6.07, 6.45) is 4.45. The Labute approximate surface area is 155 Å². The highest BCUT2D eigenvalue weighted by molar-refractivity contribution is 6.04. The number of aromatic nitrogens is 1. The molecule has 4 rings (SSSR count). The van der Waals surface area contributed by atoms with E-state index in [2.05, 4.69) is 49.1 Å². The van der Waals surface area contributed by atoms with Crippen LogP contribution < -0.4 is 4.90 Å². The number of rotatable bonds is 4. The number of nitrogens with zero attached hydrogens (tertiary/aromatic N) is 2. The molecule has 0 N–H and O–H groups in total. The Morgan fingerprint density at radius 3 is 2.38 bits per heavy atom. The average molecular weight is 346 g/mol. The molecule has 0 unspecified atom stereocenters. The molecule has 0 saturated heterocycles. The number of aryl methyl sites for hydroxylation is 1. The monoisotopic (exact) mass is 346 g/mol. The standard InChI is InChI=1S/C23H26N2O/c1-3-24(4-2)18-15-13-17(14-16-18)23(26)25-21-11-7-5-9-19(21)20-10-6-8-12-22(20)25/h5,7,9,11,13-16H,3-4,6,8,10,12H2,1-2H3. The van der Waals surface area contributed by atoms with Gasteiger partial charge in [0.15, 0.2) is 0 Å². The molecule has 0 aliphatic heterocycles. The van der Waals surface area contributed by atoms with E-state index in [4.69, 9.17) is 0 Å². The van der Waals surface area contributed by atoms with Crippen LogP contribution in [0, 0.1) is 0 Å². The van der Waals surface area contributed by atoms with E-state index in [1.807, 2.05) is 22.8 Å². The fourth-order valence-corrected chi connectivity index (χ4v) is 4.26. The van der Waals surface area contributed by atoms with Crippen LogP contribution in [0.4, 0.5) is 5.69 Å². The van der Waals surface area contributed by atoms with Gasteiger partial charge in [-0.05, 0) is 75.4 Å². The summed E-state index contributed by atoms with van der Waals surface area (Å²) in [4.78, 5) is 15.7. The molecule has 1 heterocycles. The Balaban J connectivity index is 1.77. The van der Waals surface area contributed by atoms with Crippen molar-refractivity contribution in [3.63, 3.8) is 0 Å². The number of para-hydroxylation sites is 1. The van der Waals surface area contributed by atoms with Gasteiger partial charge in [0.1, 0.15) is 0 Å². The molecule has 1 aliphatic rings. The summed E-state index contributed by atoms with van der Waals surface area (Å²) >= 11 is 0. The van der Waals surface area contributed by atoms with Gasteiger partial charge >= 0.3 is 0 Å². The zero-order valence-electron chi connectivity index (χ0n) is 15.7. The summed E-state index contributed by atoms with van der Waals surface area (Å²) < 4.78 is 1.97. The maximum Gasteiger partial charge on any atom is 0.262 e. The largest absolute Gasteiger partial charge is 0.372 e. The number of benzene rings is 2. The summed E-state index contributed by atoms with van der Waals surface area (Å²) in [6, 6.07) is 16.4. The SMILES string of the molecule is CCN(CC)c1ccc(C(=O)n2c3c(c4ccccc42)CCCC3)cc1. The van der Waals surface area contributed by atoms with E-state index in [1.54, 1.807) is 0 Å². The van der Waals surface area contributed by atoms with Crippen molar-refractivity contribution in [3.05, 3.63) is 65.4 Å². The van der Waals surface area contributed by atoms with Crippen LogP contribution in [-0.4, -0.2) is 23.6 Å². The lowest BCUT2D eigenvalue weighted by atomic mass is 9.95. The van der Waals surface area contributed by atoms with E-state index in [0.29, 0.717) is 0 Å². The van der Waals surface area contributed by atoms with Crippen LogP contribution in [0.15, 0.2) is 48.5 Å². The lowest BCUT2D eigenvalue weighted by Crippen LogP contribution is -2.22. The molecule has 2 aromatic carbocycles. The molecule has 0 spiro atoms. The molecule has 134 valence electrons. The van der Waals surface area contributed by atoms with E-state index in [9.17, 15) is 4.79 Å². The molecule has 0 amide bonds. The molecule has 26 heavy (non-hydrogen) atoms. The van der Waals surface area contributed by atoms with Gasteiger partial charge < -0.3 is 4.90 Å². The molecule has 0 radical (unpaired) electrons. The maximum atomic E-state index is 13.4. The minimum Gasteiger partial charge on any atom is -0.372 e. The van der Waals surface area contributed by atoms with Gasteiger partial charge in [-0.3, -0.25) is 9.36 Å². The molecular weight excluding hydrogens is 320 g/mol. The zero-order chi connectivity index (χ0) is 18.1. The first kappa shape index (κ1) is 16.9. The number of hydrogen-bond acceptors (Lipinski definition) is 2. The van der Waals surface area contributed by atoms with Gasteiger partial charge in [0, 0.05) is 35.4 Å². The van der Waals surface area contributed by atoms with Gasteiger partial charge in [-0.1, -0.05) is 18.2 Å². The fourth-order valence-electron chi connectivity index (χ4n) is 4.26. The van der Waals surface area contributed by atoms with Crippen LogP contribution in [0.1, 0.15) is 48.3 Å². The Bertz CT molecular complexity index is 933. The van der Waals surface area contributed by atoms with Crippen molar-refractivity contribution in [3.8, 4) is 0 Å². The third kappa shape index (κ3) is 2.72. The minimum absolute atomic E-state index is 0.0930. The van der Waals surface area contributed by atoms with Crippen LogP contribution in [0.5, 0.6) is 0 Å². The highest BCUT2D eigenvalue weighted by Gasteiger charge is 2.23. The lowest BCUT2D eigenvalue weighted by Gasteiger charge is -2.21. The summed E-state index contributed by atoms with van der Waals surface area (Å²) in [5, 5.41) is 1.25. The summed E-state index contributed by atoms with van der Waals surface area (Å²) in [6.45, 7) is 6.25. The van der Waals surface area contributed by atoms with Crippen LogP contribution >= 0.6 is 0 Å². The van der Waals surface area contributed by atoms with Crippen molar-refractivity contribution >= 4 is 22.5 Å². The van der Waals surface area contributed by atoms with E-state index < -0.39 is 0 Å². The quantitative estimate of drug-likeness (QED) is 0.660. The van der Waals surface area contributed by atoms with Crippen molar-refractivity contribution in [1.29, 1.82) is 0 Å². The van der Waals surface area contributed by atoms with Crippen molar-refractivity contribution in [1.82, 2.24) is 4.57 Å².